The fourth-order valence-electron chi connectivity index (χ4n) is 2.65. The van der Waals surface area contributed by atoms with Crippen LogP contribution in [-0.2, 0) is 6.42 Å². The molecule has 1 aromatic heterocycles. The maximum absolute atomic E-state index is 10.6. The van der Waals surface area contributed by atoms with E-state index in [9.17, 15) is 5.11 Å². The second-order valence-electron chi connectivity index (χ2n) is 5.95. The predicted molar refractivity (Wildman–Crippen MR) is 103 cm³/mol. The van der Waals surface area contributed by atoms with Crippen molar-refractivity contribution in [3.05, 3.63) is 29.0 Å². The summed E-state index contributed by atoms with van der Waals surface area (Å²) in [5.74, 6) is 1.78. The van der Waals surface area contributed by atoms with Crippen LogP contribution in [0.4, 0.5) is 0 Å². The molecule has 1 aliphatic carbocycles. The lowest BCUT2D eigenvalue weighted by molar-refractivity contribution is -0.0154. The van der Waals surface area contributed by atoms with Crippen LogP contribution >= 0.6 is 23.4 Å². The molecule has 0 spiro atoms. The maximum atomic E-state index is 10.6. The third-order valence-electron chi connectivity index (χ3n) is 4.16. The van der Waals surface area contributed by atoms with E-state index in [-0.39, 0.29) is 0 Å². The van der Waals surface area contributed by atoms with Gasteiger partial charge in [0.05, 0.1) is 12.1 Å². The van der Waals surface area contributed by atoms with Gasteiger partial charge in [-0.25, -0.2) is 4.98 Å². The lowest BCUT2D eigenvalue weighted by atomic mass is 9.79. The van der Waals surface area contributed by atoms with Crippen LogP contribution in [0.1, 0.15) is 32.3 Å². The van der Waals surface area contributed by atoms with Crippen LogP contribution < -0.4 is 10.6 Å². The average molecular weight is 371 g/mol. The van der Waals surface area contributed by atoms with Crippen LogP contribution in [0.5, 0.6) is 0 Å². The highest BCUT2D eigenvalue weighted by molar-refractivity contribution is 8.00. The van der Waals surface area contributed by atoms with E-state index in [2.05, 4.69) is 27.5 Å². The molecule has 1 fully saturated rings. The molecule has 1 heterocycles. The van der Waals surface area contributed by atoms with Crippen LogP contribution in [0.2, 0.25) is 5.15 Å². The summed E-state index contributed by atoms with van der Waals surface area (Å²) in [6.07, 6.45) is 4.55. The number of rotatable bonds is 8. The van der Waals surface area contributed by atoms with Gasteiger partial charge in [-0.05, 0) is 43.6 Å². The normalized spacial score (nSPS) is 23.7. The van der Waals surface area contributed by atoms with Crippen molar-refractivity contribution in [3.8, 4) is 0 Å². The van der Waals surface area contributed by atoms with Gasteiger partial charge in [0.2, 0.25) is 0 Å². The van der Waals surface area contributed by atoms with Gasteiger partial charge in [0.1, 0.15) is 5.15 Å². The van der Waals surface area contributed by atoms with E-state index in [0.29, 0.717) is 16.9 Å². The Labute approximate surface area is 153 Å². The van der Waals surface area contributed by atoms with Gasteiger partial charge >= 0.3 is 0 Å². The van der Waals surface area contributed by atoms with Crippen LogP contribution in [0.3, 0.4) is 0 Å². The number of guanidine groups is 1. The first-order valence-electron chi connectivity index (χ1n) is 8.54. The third-order valence-corrected chi connectivity index (χ3v) is 5.79. The van der Waals surface area contributed by atoms with Gasteiger partial charge in [-0.1, -0.05) is 24.6 Å². The van der Waals surface area contributed by atoms with E-state index in [4.69, 9.17) is 11.6 Å². The van der Waals surface area contributed by atoms with E-state index in [1.165, 1.54) is 0 Å². The smallest absolute Gasteiger partial charge is 0.191 e. The Bertz CT molecular complexity index is 540. The molecule has 134 valence electrons. The number of hydrogen-bond acceptors (Lipinski definition) is 4. The van der Waals surface area contributed by atoms with E-state index in [1.54, 1.807) is 12.3 Å². The van der Waals surface area contributed by atoms with Crippen molar-refractivity contribution in [1.29, 1.82) is 0 Å². The van der Waals surface area contributed by atoms with Crippen molar-refractivity contribution < 1.29 is 5.11 Å². The number of halogens is 1. The molecule has 2 atom stereocenters. The van der Waals surface area contributed by atoms with Crippen molar-refractivity contribution in [2.75, 3.05) is 25.4 Å². The van der Waals surface area contributed by atoms with Crippen LogP contribution in [-0.4, -0.2) is 52.3 Å². The Morgan fingerprint density at radius 3 is 2.88 bits per heavy atom. The molecular weight excluding hydrogens is 344 g/mol. The number of pyridine rings is 1. The van der Waals surface area contributed by atoms with E-state index in [0.717, 1.165) is 49.6 Å². The molecule has 1 saturated carbocycles. The lowest BCUT2D eigenvalue weighted by Gasteiger charge is -2.44. The van der Waals surface area contributed by atoms with E-state index >= 15 is 0 Å². The molecule has 24 heavy (non-hydrogen) atoms. The Balaban J connectivity index is 1.83. The minimum Gasteiger partial charge on any atom is -0.387 e. The Morgan fingerprint density at radius 1 is 1.46 bits per heavy atom. The van der Waals surface area contributed by atoms with Gasteiger partial charge in [-0.15, -0.1) is 0 Å². The molecule has 2 unspecified atom stereocenters. The molecule has 0 bridgehead atoms. The molecule has 0 amide bonds. The van der Waals surface area contributed by atoms with Crippen molar-refractivity contribution in [3.63, 3.8) is 0 Å². The summed E-state index contributed by atoms with van der Waals surface area (Å²) < 4.78 is 0. The summed E-state index contributed by atoms with van der Waals surface area (Å²) in [7, 11) is 0. The molecule has 0 saturated heterocycles. The highest BCUT2D eigenvalue weighted by atomic mass is 35.5. The topological polar surface area (TPSA) is 69.5 Å². The summed E-state index contributed by atoms with van der Waals surface area (Å²) in [6, 6.07) is 3.78. The summed E-state index contributed by atoms with van der Waals surface area (Å²) in [6.45, 7) is 6.15. The van der Waals surface area contributed by atoms with Crippen LogP contribution in [0.25, 0.3) is 0 Å². The first-order chi connectivity index (χ1) is 11.6. The first-order valence-corrected chi connectivity index (χ1v) is 9.96. The second-order valence-corrected chi connectivity index (χ2v) is 7.81. The molecule has 7 heteroatoms. The zero-order valence-electron chi connectivity index (χ0n) is 14.4. The maximum Gasteiger partial charge on any atom is 0.191 e. The molecule has 5 nitrogen and oxygen atoms in total. The van der Waals surface area contributed by atoms with Gasteiger partial charge in [-0.2, -0.15) is 11.8 Å². The van der Waals surface area contributed by atoms with Crippen LogP contribution in [0, 0.1) is 0 Å². The van der Waals surface area contributed by atoms with Gasteiger partial charge in [-0.3, -0.25) is 4.99 Å². The Hall–Kier alpha value is -0.980. The minimum atomic E-state index is -0.650. The number of aliphatic imine (C=N–C) groups is 1. The van der Waals surface area contributed by atoms with E-state index < -0.39 is 5.60 Å². The molecule has 1 aliphatic rings. The monoisotopic (exact) mass is 370 g/mol. The quantitative estimate of drug-likeness (QED) is 0.372. The zero-order chi connectivity index (χ0) is 17.4. The molecule has 3 N–H and O–H groups in total. The molecular formula is C17H27ClN4OS. The second kappa shape index (κ2) is 9.49. The standard InChI is InChI=1S/C17H27ClN4OS/c1-3-19-16(20-10-8-13-5-6-15(18)21-11-13)22-12-17(23)9-7-14(17)24-4-2/h5-6,11,14,23H,3-4,7-10,12H2,1-2H3,(H2,19,20,22). The van der Waals surface area contributed by atoms with E-state index in [1.807, 2.05) is 24.8 Å². The highest BCUT2D eigenvalue weighted by Crippen LogP contribution is 2.41. The molecule has 0 aromatic carbocycles. The largest absolute Gasteiger partial charge is 0.387 e. The molecule has 2 rings (SSSR count). The number of aromatic nitrogens is 1. The van der Waals surface area contributed by atoms with Gasteiger partial charge in [0.25, 0.3) is 0 Å². The average Bonchev–Trinajstić information content (AvgIpc) is 2.58. The summed E-state index contributed by atoms with van der Waals surface area (Å²) in [4.78, 5) is 8.66. The van der Waals surface area contributed by atoms with Crippen molar-refractivity contribution >= 4 is 29.3 Å². The molecule has 0 aliphatic heterocycles. The summed E-state index contributed by atoms with van der Waals surface area (Å²) in [5, 5.41) is 18.0. The third kappa shape index (κ3) is 5.53. The van der Waals surface area contributed by atoms with Crippen LogP contribution in [0.15, 0.2) is 23.3 Å². The SMILES string of the molecule is CCNC(=NCC1(O)CCC1SCC)NCCc1ccc(Cl)nc1. The van der Waals surface area contributed by atoms with Gasteiger partial charge in [0.15, 0.2) is 5.96 Å². The Kier molecular flexibility index (Phi) is 7.65. The fourth-order valence-corrected chi connectivity index (χ4v) is 3.95. The minimum absolute atomic E-state index is 0.314. The predicted octanol–water partition coefficient (Wildman–Crippen LogP) is 2.48. The zero-order valence-corrected chi connectivity index (χ0v) is 16.0. The molecule has 0 radical (unpaired) electrons. The highest BCUT2D eigenvalue weighted by Gasteiger charge is 2.45. The van der Waals surface area contributed by atoms with Crippen molar-refractivity contribution in [2.45, 2.75) is 44.0 Å². The molecule has 1 aromatic rings. The lowest BCUT2D eigenvalue weighted by Crippen LogP contribution is -2.53. The number of nitrogens with zero attached hydrogens (tertiary/aromatic N) is 2. The van der Waals surface area contributed by atoms with Crippen molar-refractivity contribution in [2.24, 2.45) is 4.99 Å². The van der Waals surface area contributed by atoms with Gasteiger partial charge in [0, 0.05) is 24.5 Å². The summed E-state index contributed by atoms with van der Waals surface area (Å²) in [5.41, 5.74) is 0.475. The summed E-state index contributed by atoms with van der Waals surface area (Å²) >= 11 is 7.62. The van der Waals surface area contributed by atoms with Gasteiger partial charge < -0.3 is 15.7 Å². The van der Waals surface area contributed by atoms with Crippen molar-refractivity contribution in [1.82, 2.24) is 15.6 Å². The number of thioether (sulfide) groups is 1. The number of nitrogens with one attached hydrogen (secondary N) is 2. The number of aliphatic hydroxyl groups is 1. The Morgan fingerprint density at radius 2 is 2.29 bits per heavy atom. The number of hydrogen-bond donors (Lipinski definition) is 3. The first kappa shape index (κ1) is 19.3. The fraction of sp³-hybridized carbons (Fsp3) is 0.647.